The second-order valence-corrected chi connectivity index (χ2v) is 5.61. The van der Waals surface area contributed by atoms with Crippen molar-refractivity contribution in [2.24, 2.45) is 0 Å². The zero-order valence-electron chi connectivity index (χ0n) is 12.2. The Balaban J connectivity index is 1.58. The summed E-state index contributed by atoms with van der Waals surface area (Å²) in [5.74, 6) is 0.0741. The second-order valence-electron chi connectivity index (χ2n) is 5.61. The molecule has 21 heavy (non-hydrogen) atoms. The fourth-order valence-corrected chi connectivity index (χ4v) is 2.66. The minimum Gasteiger partial charge on any atom is -0.351 e. The maximum Gasteiger partial charge on any atom is 0.237 e. The van der Waals surface area contributed by atoms with E-state index in [1.807, 2.05) is 12.1 Å². The van der Waals surface area contributed by atoms with Crippen LogP contribution in [0.4, 0.5) is 0 Å². The van der Waals surface area contributed by atoms with E-state index in [1.165, 1.54) is 16.7 Å². The number of aryl methyl sites for hydroxylation is 1. The van der Waals surface area contributed by atoms with Crippen LogP contribution in [0.15, 0.2) is 48.5 Å². The highest BCUT2D eigenvalue weighted by Crippen LogP contribution is 2.16. The summed E-state index contributed by atoms with van der Waals surface area (Å²) in [7, 11) is 0. The molecule has 0 aromatic heterocycles. The van der Waals surface area contributed by atoms with Crippen molar-refractivity contribution < 1.29 is 4.79 Å². The van der Waals surface area contributed by atoms with Crippen molar-refractivity contribution in [3.63, 3.8) is 0 Å². The molecule has 0 saturated carbocycles. The molecule has 0 saturated heterocycles. The number of rotatable bonds is 3. The fraction of sp³-hybridized carbons (Fsp3) is 0.278. The molecule has 3 heteroatoms. The quantitative estimate of drug-likeness (QED) is 0.906. The molecule has 0 spiro atoms. The highest BCUT2D eigenvalue weighted by atomic mass is 16.2. The molecule has 0 aliphatic carbocycles. The van der Waals surface area contributed by atoms with Gasteiger partial charge in [0.25, 0.3) is 0 Å². The van der Waals surface area contributed by atoms with Crippen molar-refractivity contribution in [3.8, 4) is 0 Å². The highest BCUT2D eigenvalue weighted by molar-refractivity contribution is 5.82. The number of carbonyl (C=O) groups excluding carboxylic acids is 1. The monoisotopic (exact) mass is 280 g/mol. The summed E-state index contributed by atoms with van der Waals surface area (Å²) in [5.41, 5.74) is 4.92. The van der Waals surface area contributed by atoms with Crippen LogP contribution in [0, 0.1) is 6.92 Å². The Morgan fingerprint density at radius 1 is 1.14 bits per heavy atom. The van der Waals surface area contributed by atoms with Crippen molar-refractivity contribution in [1.29, 1.82) is 0 Å². The van der Waals surface area contributed by atoms with Gasteiger partial charge in [-0.3, -0.25) is 4.79 Å². The molecular formula is C18H20N2O. The summed E-state index contributed by atoms with van der Waals surface area (Å²) in [6.07, 6.45) is 0.760. The van der Waals surface area contributed by atoms with Gasteiger partial charge in [0, 0.05) is 13.1 Å². The Bertz CT molecular complexity index is 634. The average Bonchev–Trinajstić information content (AvgIpc) is 2.53. The first-order valence-corrected chi connectivity index (χ1v) is 7.36. The van der Waals surface area contributed by atoms with Crippen LogP contribution in [0.5, 0.6) is 0 Å². The van der Waals surface area contributed by atoms with Gasteiger partial charge >= 0.3 is 0 Å². The molecule has 2 aromatic carbocycles. The minimum absolute atomic E-state index is 0.0741. The first kappa shape index (κ1) is 13.8. The minimum atomic E-state index is -0.134. The first-order valence-electron chi connectivity index (χ1n) is 7.36. The Labute approximate surface area is 125 Å². The zero-order valence-corrected chi connectivity index (χ0v) is 12.2. The van der Waals surface area contributed by atoms with Crippen LogP contribution in [-0.2, 0) is 24.3 Å². The molecule has 0 bridgehead atoms. The van der Waals surface area contributed by atoms with E-state index in [1.54, 1.807) is 0 Å². The van der Waals surface area contributed by atoms with E-state index in [0.717, 1.165) is 18.5 Å². The Kier molecular flexibility index (Phi) is 4.02. The van der Waals surface area contributed by atoms with Crippen LogP contribution >= 0.6 is 0 Å². The van der Waals surface area contributed by atoms with E-state index in [4.69, 9.17) is 0 Å². The molecule has 0 fully saturated rings. The Morgan fingerprint density at radius 3 is 2.62 bits per heavy atom. The molecule has 3 rings (SSSR count). The number of carbonyl (C=O) groups is 1. The molecule has 2 aromatic rings. The lowest BCUT2D eigenvalue weighted by Crippen LogP contribution is -2.47. The molecule has 1 aliphatic rings. The third-order valence-corrected chi connectivity index (χ3v) is 3.99. The maximum absolute atomic E-state index is 12.3. The molecular weight excluding hydrogens is 260 g/mol. The third-order valence-electron chi connectivity index (χ3n) is 3.99. The van der Waals surface area contributed by atoms with Crippen molar-refractivity contribution in [3.05, 3.63) is 70.8 Å². The molecule has 1 amide bonds. The van der Waals surface area contributed by atoms with Gasteiger partial charge in [-0.1, -0.05) is 54.1 Å². The molecule has 1 atom stereocenters. The summed E-state index contributed by atoms with van der Waals surface area (Å²) in [6.45, 7) is 3.41. The molecule has 3 nitrogen and oxygen atoms in total. The van der Waals surface area contributed by atoms with Gasteiger partial charge in [0.2, 0.25) is 5.91 Å². The number of benzene rings is 2. The van der Waals surface area contributed by atoms with Gasteiger partial charge in [-0.15, -0.1) is 0 Å². The summed E-state index contributed by atoms with van der Waals surface area (Å²) in [4.78, 5) is 12.3. The molecule has 108 valence electrons. The summed E-state index contributed by atoms with van der Waals surface area (Å²) >= 11 is 0. The lowest BCUT2D eigenvalue weighted by Gasteiger charge is -2.25. The third kappa shape index (κ3) is 3.31. The van der Waals surface area contributed by atoms with Gasteiger partial charge in [-0.05, 0) is 30.0 Å². The lowest BCUT2D eigenvalue weighted by atomic mass is 9.95. The molecule has 2 N–H and O–H groups in total. The topological polar surface area (TPSA) is 41.1 Å². The summed E-state index contributed by atoms with van der Waals surface area (Å²) in [6, 6.07) is 16.4. The van der Waals surface area contributed by atoms with E-state index in [-0.39, 0.29) is 11.9 Å². The van der Waals surface area contributed by atoms with Crippen molar-refractivity contribution in [2.45, 2.75) is 32.5 Å². The van der Waals surface area contributed by atoms with E-state index in [0.29, 0.717) is 6.54 Å². The predicted molar refractivity (Wildman–Crippen MR) is 83.8 cm³/mol. The SMILES string of the molecule is Cc1ccc(CNC(=O)[C@H]2Cc3ccccc3CN2)cc1. The highest BCUT2D eigenvalue weighted by Gasteiger charge is 2.23. The van der Waals surface area contributed by atoms with Gasteiger partial charge < -0.3 is 10.6 Å². The maximum atomic E-state index is 12.3. The molecule has 1 aliphatic heterocycles. The largest absolute Gasteiger partial charge is 0.351 e. The predicted octanol–water partition coefficient (Wildman–Crippen LogP) is 2.33. The van der Waals surface area contributed by atoms with E-state index in [2.05, 4.69) is 54.0 Å². The van der Waals surface area contributed by atoms with Crippen LogP contribution in [0.3, 0.4) is 0 Å². The lowest BCUT2D eigenvalue weighted by molar-refractivity contribution is -0.123. The first-order chi connectivity index (χ1) is 10.2. The normalized spacial score (nSPS) is 17.1. The van der Waals surface area contributed by atoms with Crippen LogP contribution in [-0.4, -0.2) is 11.9 Å². The van der Waals surface area contributed by atoms with E-state index in [9.17, 15) is 4.79 Å². The van der Waals surface area contributed by atoms with Gasteiger partial charge in [-0.2, -0.15) is 0 Å². The van der Waals surface area contributed by atoms with Crippen molar-refractivity contribution in [1.82, 2.24) is 10.6 Å². The fourth-order valence-electron chi connectivity index (χ4n) is 2.66. The van der Waals surface area contributed by atoms with E-state index >= 15 is 0 Å². The van der Waals surface area contributed by atoms with Crippen LogP contribution < -0.4 is 10.6 Å². The standard InChI is InChI=1S/C18H20N2O/c1-13-6-8-14(9-7-13)11-20-18(21)17-10-15-4-2-3-5-16(15)12-19-17/h2-9,17,19H,10-12H2,1H3,(H,20,21)/t17-/m1/s1. The van der Waals surface area contributed by atoms with Gasteiger partial charge in [0.05, 0.1) is 6.04 Å². The molecule has 1 heterocycles. The second kappa shape index (κ2) is 6.10. The zero-order chi connectivity index (χ0) is 14.7. The summed E-state index contributed by atoms with van der Waals surface area (Å²) in [5, 5.41) is 6.33. The number of amides is 1. The van der Waals surface area contributed by atoms with Crippen molar-refractivity contribution >= 4 is 5.91 Å². The van der Waals surface area contributed by atoms with Crippen LogP contribution in [0.1, 0.15) is 22.3 Å². The Hall–Kier alpha value is -2.13. The van der Waals surface area contributed by atoms with Gasteiger partial charge in [-0.25, -0.2) is 0 Å². The number of fused-ring (bicyclic) bond motifs is 1. The van der Waals surface area contributed by atoms with Gasteiger partial charge in [0.15, 0.2) is 0 Å². The van der Waals surface area contributed by atoms with Crippen LogP contribution in [0.25, 0.3) is 0 Å². The smallest absolute Gasteiger partial charge is 0.237 e. The van der Waals surface area contributed by atoms with Gasteiger partial charge in [0.1, 0.15) is 0 Å². The number of hydrogen-bond donors (Lipinski definition) is 2. The molecule has 0 unspecified atom stereocenters. The number of hydrogen-bond acceptors (Lipinski definition) is 2. The van der Waals surface area contributed by atoms with Crippen LogP contribution in [0.2, 0.25) is 0 Å². The molecule has 0 radical (unpaired) electrons. The number of nitrogens with one attached hydrogen (secondary N) is 2. The summed E-state index contributed by atoms with van der Waals surface area (Å²) < 4.78 is 0. The van der Waals surface area contributed by atoms with E-state index < -0.39 is 0 Å². The average molecular weight is 280 g/mol. The Morgan fingerprint density at radius 2 is 1.86 bits per heavy atom. The van der Waals surface area contributed by atoms with Crippen molar-refractivity contribution in [2.75, 3.05) is 0 Å².